The number of halogens is 1. The predicted molar refractivity (Wildman–Crippen MR) is 81.9 cm³/mol. The van der Waals surface area contributed by atoms with Crippen LogP contribution in [-0.2, 0) is 6.42 Å². The summed E-state index contributed by atoms with van der Waals surface area (Å²) in [6.45, 7) is 7.91. The van der Waals surface area contributed by atoms with Crippen LogP contribution in [0.25, 0.3) is 0 Å². The van der Waals surface area contributed by atoms with Gasteiger partial charge in [0.1, 0.15) is 0 Å². The van der Waals surface area contributed by atoms with Gasteiger partial charge in [0.15, 0.2) is 0 Å². The van der Waals surface area contributed by atoms with Gasteiger partial charge in [0, 0.05) is 10.9 Å². The third-order valence-corrected chi connectivity index (χ3v) is 4.86. The second-order valence-corrected chi connectivity index (χ2v) is 7.24. The molecule has 2 unspecified atom stereocenters. The highest BCUT2D eigenvalue weighted by atomic mass is 79.9. The zero-order valence-electron chi connectivity index (χ0n) is 11.1. The number of rotatable bonds is 8. The van der Waals surface area contributed by atoms with E-state index in [0.717, 1.165) is 18.9 Å². The molecule has 1 N–H and O–H groups in total. The van der Waals surface area contributed by atoms with Crippen LogP contribution in [0.5, 0.6) is 0 Å². The number of hydrogen-bond acceptors (Lipinski definition) is 2. The first-order valence-electron chi connectivity index (χ1n) is 6.65. The summed E-state index contributed by atoms with van der Waals surface area (Å²) >= 11 is 5.40. The Labute approximate surface area is 118 Å². The summed E-state index contributed by atoms with van der Waals surface area (Å²) in [5.74, 6) is 0.760. The summed E-state index contributed by atoms with van der Waals surface area (Å²) in [6.07, 6.45) is 5.14. The number of unbranched alkanes of at least 4 members (excludes halogenated alkanes) is 1. The maximum Gasteiger partial charge on any atom is 0.0701 e. The molecule has 3 heteroatoms. The van der Waals surface area contributed by atoms with E-state index in [-0.39, 0.29) is 0 Å². The lowest BCUT2D eigenvalue weighted by atomic mass is 9.93. The molecule has 1 nitrogen and oxygen atoms in total. The van der Waals surface area contributed by atoms with Crippen molar-refractivity contribution in [2.24, 2.45) is 5.92 Å². The highest BCUT2D eigenvalue weighted by Gasteiger charge is 2.17. The van der Waals surface area contributed by atoms with E-state index in [0.29, 0.717) is 6.04 Å². The summed E-state index contributed by atoms with van der Waals surface area (Å²) in [6, 6.07) is 5.02. The largest absolute Gasteiger partial charge is 0.314 e. The lowest BCUT2D eigenvalue weighted by molar-refractivity contribution is 0.354. The van der Waals surface area contributed by atoms with Crippen LogP contribution >= 0.6 is 27.3 Å². The van der Waals surface area contributed by atoms with Crippen LogP contribution in [0.3, 0.4) is 0 Å². The number of hydrogen-bond donors (Lipinski definition) is 1. The van der Waals surface area contributed by atoms with Gasteiger partial charge in [-0.3, -0.25) is 0 Å². The Morgan fingerprint density at radius 2 is 2.12 bits per heavy atom. The van der Waals surface area contributed by atoms with E-state index < -0.39 is 0 Å². The minimum absolute atomic E-state index is 0.622. The predicted octanol–water partition coefficient (Wildman–Crippen LogP) is 4.86. The molecule has 0 saturated heterocycles. The summed E-state index contributed by atoms with van der Waals surface area (Å²) in [5.41, 5.74) is 0. The van der Waals surface area contributed by atoms with E-state index in [1.54, 1.807) is 0 Å². The number of thiophene rings is 1. The quantitative estimate of drug-likeness (QED) is 0.722. The normalized spacial score (nSPS) is 14.8. The van der Waals surface area contributed by atoms with Gasteiger partial charge in [0.2, 0.25) is 0 Å². The summed E-state index contributed by atoms with van der Waals surface area (Å²) in [7, 11) is 0. The Morgan fingerprint density at radius 1 is 1.35 bits per heavy atom. The van der Waals surface area contributed by atoms with E-state index in [2.05, 4.69) is 54.2 Å². The maximum absolute atomic E-state index is 3.64. The van der Waals surface area contributed by atoms with Gasteiger partial charge in [-0.2, -0.15) is 0 Å². The molecule has 17 heavy (non-hydrogen) atoms. The molecule has 0 fully saturated rings. The minimum atomic E-state index is 0.622. The van der Waals surface area contributed by atoms with E-state index in [4.69, 9.17) is 0 Å². The van der Waals surface area contributed by atoms with Crippen molar-refractivity contribution < 1.29 is 0 Å². The van der Waals surface area contributed by atoms with Crippen LogP contribution in [0.4, 0.5) is 0 Å². The van der Waals surface area contributed by atoms with Crippen molar-refractivity contribution in [1.29, 1.82) is 0 Å². The fourth-order valence-corrected chi connectivity index (χ4v) is 3.68. The Bertz CT molecular complexity index is 311. The van der Waals surface area contributed by atoms with E-state index in [9.17, 15) is 0 Å². The van der Waals surface area contributed by atoms with Gasteiger partial charge in [0.05, 0.1) is 3.79 Å². The highest BCUT2D eigenvalue weighted by molar-refractivity contribution is 9.11. The first kappa shape index (κ1) is 15.2. The van der Waals surface area contributed by atoms with Crippen LogP contribution in [0.1, 0.15) is 44.9 Å². The van der Waals surface area contributed by atoms with E-state index >= 15 is 0 Å². The van der Waals surface area contributed by atoms with E-state index in [1.807, 2.05) is 11.3 Å². The topological polar surface area (TPSA) is 12.0 Å². The first-order chi connectivity index (χ1) is 8.17. The summed E-state index contributed by atoms with van der Waals surface area (Å²) < 4.78 is 1.24. The Morgan fingerprint density at radius 3 is 2.65 bits per heavy atom. The van der Waals surface area contributed by atoms with Crippen molar-refractivity contribution in [2.75, 3.05) is 6.54 Å². The van der Waals surface area contributed by atoms with Crippen molar-refractivity contribution in [3.05, 3.63) is 20.8 Å². The molecular formula is C14H24BrNS. The van der Waals surface area contributed by atoms with Gasteiger partial charge in [-0.15, -0.1) is 11.3 Å². The molecule has 1 aromatic heterocycles. The van der Waals surface area contributed by atoms with Crippen LogP contribution < -0.4 is 5.32 Å². The van der Waals surface area contributed by atoms with Crippen LogP contribution in [-0.4, -0.2) is 12.6 Å². The van der Waals surface area contributed by atoms with Crippen LogP contribution in [0.2, 0.25) is 0 Å². The monoisotopic (exact) mass is 317 g/mol. The molecule has 0 saturated carbocycles. The molecule has 2 atom stereocenters. The van der Waals surface area contributed by atoms with E-state index in [1.165, 1.54) is 27.9 Å². The molecular weight excluding hydrogens is 294 g/mol. The number of nitrogens with one attached hydrogen (secondary N) is 1. The zero-order chi connectivity index (χ0) is 12.7. The van der Waals surface area contributed by atoms with Crippen molar-refractivity contribution >= 4 is 27.3 Å². The molecule has 0 aliphatic rings. The molecule has 0 aromatic carbocycles. The Kier molecular flexibility index (Phi) is 7.40. The smallest absolute Gasteiger partial charge is 0.0701 e. The lowest BCUT2D eigenvalue weighted by Gasteiger charge is -2.24. The minimum Gasteiger partial charge on any atom is -0.314 e. The average molecular weight is 318 g/mol. The molecule has 1 rings (SSSR count). The molecule has 0 aliphatic carbocycles. The highest BCUT2D eigenvalue weighted by Crippen LogP contribution is 2.25. The molecule has 1 heterocycles. The standard InChI is InChI=1S/C14H24BrNS/c1-4-6-7-11(3)13(16-5-2)10-12-8-9-14(15)17-12/h8-9,11,13,16H,4-7,10H2,1-3H3. The second-order valence-electron chi connectivity index (χ2n) is 4.69. The second kappa shape index (κ2) is 8.28. The SMILES string of the molecule is CCCCC(C)C(Cc1ccc(Br)s1)NCC. The fraction of sp³-hybridized carbons (Fsp3) is 0.714. The first-order valence-corrected chi connectivity index (χ1v) is 8.25. The van der Waals surface area contributed by atoms with Crippen molar-refractivity contribution in [3.63, 3.8) is 0 Å². The lowest BCUT2D eigenvalue weighted by Crippen LogP contribution is -2.36. The molecule has 0 aliphatic heterocycles. The molecule has 1 aromatic rings. The van der Waals surface area contributed by atoms with Gasteiger partial charge >= 0.3 is 0 Å². The van der Waals surface area contributed by atoms with Crippen molar-refractivity contribution in [2.45, 2.75) is 52.5 Å². The van der Waals surface area contributed by atoms with Crippen LogP contribution in [0.15, 0.2) is 15.9 Å². The zero-order valence-corrected chi connectivity index (χ0v) is 13.5. The maximum atomic E-state index is 3.64. The molecule has 0 spiro atoms. The van der Waals surface area contributed by atoms with Crippen molar-refractivity contribution in [3.8, 4) is 0 Å². The number of likely N-dealkylation sites (N-methyl/N-ethyl adjacent to an activating group) is 1. The van der Waals surface area contributed by atoms with Gasteiger partial charge in [-0.05, 0) is 53.4 Å². The van der Waals surface area contributed by atoms with Crippen molar-refractivity contribution in [1.82, 2.24) is 5.32 Å². The average Bonchev–Trinajstić information content (AvgIpc) is 2.71. The van der Waals surface area contributed by atoms with Gasteiger partial charge in [-0.25, -0.2) is 0 Å². The summed E-state index contributed by atoms with van der Waals surface area (Å²) in [5, 5.41) is 3.64. The van der Waals surface area contributed by atoms with Gasteiger partial charge in [0.25, 0.3) is 0 Å². The molecule has 0 radical (unpaired) electrons. The summed E-state index contributed by atoms with van der Waals surface area (Å²) in [4.78, 5) is 1.48. The third-order valence-electron chi connectivity index (χ3n) is 3.22. The molecule has 0 bridgehead atoms. The van der Waals surface area contributed by atoms with Gasteiger partial charge < -0.3 is 5.32 Å². The van der Waals surface area contributed by atoms with Crippen LogP contribution in [0, 0.1) is 5.92 Å². The third kappa shape index (κ3) is 5.54. The molecule has 0 amide bonds. The Balaban J connectivity index is 2.52. The van der Waals surface area contributed by atoms with Gasteiger partial charge in [-0.1, -0.05) is 33.6 Å². The Hall–Kier alpha value is 0.140. The molecule has 98 valence electrons. The fourth-order valence-electron chi connectivity index (χ4n) is 2.14.